The Hall–Kier alpha value is -3.07. The van der Waals surface area contributed by atoms with Gasteiger partial charge < -0.3 is 19.4 Å². The highest BCUT2D eigenvalue weighted by Gasteiger charge is 2.30. The number of carbonyl (C=O) groups is 2. The number of amides is 1. The summed E-state index contributed by atoms with van der Waals surface area (Å²) < 4.78 is 30.8. The van der Waals surface area contributed by atoms with E-state index in [0.717, 1.165) is 109 Å². The van der Waals surface area contributed by atoms with Crippen molar-refractivity contribution in [3.8, 4) is 0 Å². The highest BCUT2D eigenvalue weighted by atomic mass is 31.2. The van der Waals surface area contributed by atoms with E-state index in [2.05, 4.69) is 111 Å². The molecule has 0 saturated heterocycles. The van der Waals surface area contributed by atoms with Crippen molar-refractivity contribution in [3.05, 3.63) is 97.2 Å². The second-order valence-corrected chi connectivity index (χ2v) is 25.8. The van der Waals surface area contributed by atoms with Gasteiger partial charge in [-0.1, -0.05) is 279 Å². The molecule has 0 aromatic carbocycles. The number of nitrogens with zero attached hydrogens (tertiary/aromatic N) is 1. The largest absolute Gasteiger partial charge is 0.472 e. The Bertz CT molecular complexity index is 1740. The summed E-state index contributed by atoms with van der Waals surface area (Å²) in [6, 6.07) is -0.860. The van der Waals surface area contributed by atoms with E-state index in [1.807, 2.05) is 33.3 Å². The average molecular weight is 1180 g/mol. The zero-order valence-corrected chi connectivity index (χ0v) is 55.8. The number of esters is 1. The minimum Gasteiger partial charge on any atom is -0.456 e. The third kappa shape index (κ3) is 63.3. The van der Waals surface area contributed by atoms with Gasteiger partial charge in [0.25, 0.3) is 0 Å². The number of quaternary nitrogens is 1. The van der Waals surface area contributed by atoms with E-state index in [1.54, 1.807) is 0 Å². The van der Waals surface area contributed by atoms with Crippen molar-refractivity contribution in [1.82, 2.24) is 5.32 Å². The molecule has 0 aliphatic heterocycles. The number of likely N-dealkylation sites (N-methyl/N-ethyl adjacent to an activating group) is 1. The van der Waals surface area contributed by atoms with Gasteiger partial charge in [0.05, 0.1) is 33.8 Å². The second kappa shape index (κ2) is 62.0. The van der Waals surface area contributed by atoms with Gasteiger partial charge in [-0.25, -0.2) is 4.57 Å². The molecule has 0 spiro atoms. The summed E-state index contributed by atoms with van der Waals surface area (Å²) in [6.07, 6.45) is 84.0. The number of allylic oxidation sites excluding steroid dienone is 15. The van der Waals surface area contributed by atoms with E-state index < -0.39 is 20.0 Å². The Labute approximate surface area is 513 Å². The van der Waals surface area contributed by atoms with Crippen LogP contribution in [0, 0.1) is 0 Å². The third-order valence-corrected chi connectivity index (χ3v) is 16.0. The first-order chi connectivity index (χ1) is 40.4. The topological polar surface area (TPSA) is 111 Å². The molecule has 83 heavy (non-hydrogen) atoms. The van der Waals surface area contributed by atoms with Crippen molar-refractivity contribution in [1.29, 1.82) is 0 Å². The van der Waals surface area contributed by atoms with Crippen LogP contribution in [0.1, 0.15) is 303 Å². The molecule has 480 valence electrons. The molecule has 0 aromatic rings. The molecule has 0 bridgehead atoms. The predicted octanol–water partition coefficient (Wildman–Crippen LogP) is 21.9. The molecule has 3 unspecified atom stereocenters. The Morgan fingerprint density at radius 1 is 0.434 bits per heavy atom. The van der Waals surface area contributed by atoms with E-state index in [0.29, 0.717) is 17.4 Å². The lowest BCUT2D eigenvalue weighted by molar-refractivity contribution is -0.870. The number of carbonyl (C=O) groups excluding carboxylic acids is 2. The molecule has 0 aliphatic rings. The molecule has 3 atom stereocenters. The Balaban J connectivity index is 5.19. The number of unbranched alkanes of at least 4 members (excludes halogenated alkanes) is 32. The summed E-state index contributed by atoms with van der Waals surface area (Å²) in [5.41, 5.74) is 0. The third-order valence-electron chi connectivity index (χ3n) is 15.0. The van der Waals surface area contributed by atoms with Gasteiger partial charge in [-0.3, -0.25) is 18.6 Å². The zero-order chi connectivity index (χ0) is 60.7. The smallest absolute Gasteiger partial charge is 0.456 e. The summed E-state index contributed by atoms with van der Waals surface area (Å²) in [5, 5.41) is 3.07. The fourth-order valence-electron chi connectivity index (χ4n) is 9.70. The zero-order valence-electron chi connectivity index (χ0n) is 54.9. The molecule has 0 heterocycles. The van der Waals surface area contributed by atoms with Crippen LogP contribution >= 0.6 is 7.82 Å². The van der Waals surface area contributed by atoms with Gasteiger partial charge in [-0.2, -0.15) is 0 Å². The van der Waals surface area contributed by atoms with Gasteiger partial charge in [0.1, 0.15) is 19.3 Å². The minimum absolute atomic E-state index is 0.0343. The molecule has 0 rings (SSSR count). The number of phosphoric acid groups is 1. The van der Waals surface area contributed by atoms with Crippen molar-refractivity contribution in [3.63, 3.8) is 0 Å². The molecule has 0 saturated carbocycles. The van der Waals surface area contributed by atoms with Crippen LogP contribution in [0.25, 0.3) is 0 Å². The highest BCUT2D eigenvalue weighted by Crippen LogP contribution is 2.43. The van der Waals surface area contributed by atoms with Crippen LogP contribution in [0.5, 0.6) is 0 Å². The van der Waals surface area contributed by atoms with Crippen molar-refractivity contribution in [2.45, 2.75) is 315 Å². The van der Waals surface area contributed by atoms with Crippen molar-refractivity contribution in [2.24, 2.45) is 0 Å². The number of rotatable bonds is 62. The number of nitrogens with one attached hydrogen (secondary N) is 1. The lowest BCUT2D eigenvalue weighted by Crippen LogP contribution is -2.47. The summed E-state index contributed by atoms with van der Waals surface area (Å²) in [5.74, 6) is -0.517. The standard InChI is InChI=1S/C73H131N2O7P/c1-7-10-13-16-19-22-25-28-30-32-34-36-37-39-41-43-45-48-51-54-57-60-63-66-73(77)82-71(64-61-58-55-52-49-46-27-24-21-18-15-12-9-3)70(69-81-83(78,79)80-68-67-75(4,5)6)74-72(76)65-62-59-56-53-50-47-44-42-40-38-35-33-31-29-26-23-20-17-14-11-8-2/h10,13,19-20,22-23,28-31,34,36,39,41,61,64,70-71H,7-9,11-12,14-18,21,24-27,32-33,35,37-38,40,42-60,62-63,65-69H2,1-6H3,(H-,74,76,78,79)/p+1/b13-10-,22-19-,23-20-,30-28-,31-29-,36-34-,41-39-,64-61+. The fraction of sp³-hybridized carbons (Fsp3) is 0.753. The monoisotopic (exact) mass is 1180 g/mol. The number of ether oxygens (including phenoxy) is 1. The van der Waals surface area contributed by atoms with Crippen LogP contribution in [0.15, 0.2) is 97.2 Å². The lowest BCUT2D eigenvalue weighted by Gasteiger charge is -2.27. The van der Waals surface area contributed by atoms with Gasteiger partial charge in [0.2, 0.25) is 5.91 Å². The van der Waals surface area contributed by atoms with E-state index >= 15 is 0 Å². The molecular formula is C73H132N2O7P+. The van der Waals surface area contributed by atoms with Crippen LogP contribution in [0.3, 0.4) is 0 Å². The quantitative estimate of drug-likeness (QED) is 0.0205. The van der Waals surface area contributed by atoms with E-state index in [4.69, 9.17) is 13.8 Å². The first-order valence-corrected chi connectivity index (χ1v) is 36.1. The normalized spacial score (nSPS) is 14.2. The van der Waals surface area contributed by atoms with Crippen LogP contribution in [0.2, 0.25) is 0 Å². The maximum absolute atomic E-state index is 13.6. The molecule has 0 radical (unpaired) electrons. The maximum Gasteiger partial charge on any atom is 0.472 e. The number of hydrogen-bond donors (Lipinski definition) is 2. The molecule has 0 aliphatic carbocycles. The number of hydrogen-bond acceptors (Lipinski definition) is 6. The summed E-state index contributed by atoms with van der Waals surface area (Å²) >= 11 is 0. The maximum atomic E-state index is 13.6. The van der Waals surface area contributed by atoms with E-state index in [-0.39, 0.29) is 31.5 Å². The predicted molar refractivity (Wildman–Crippen MR) is 360 cm³/mol. The Morgan fingerprint density at radius 2 is 0.771 bits per heavy atom. The van der Waals surface area contributed by atoms with Crippen molar-refractivity contribution in [2.75, 3.05) is 40.9 Å². The fourth-order valence-corrected chi connectivity index (χ4v) is 10.4. The van der Waals surface area contributed by atoms with E-state index in [9.17, 15) is 19.0 Å². The summed E-state index contributed by atoms with van der Waals surface area (Å²) in [7, 11) is 1.48. The number of phosphoric ester groups is 1. The van der Waals surface area contributed by atoms with Crippen LogP contribution in [-0.2, 0) is 27.9 Å². The van der Waals surface area contributed by atoms with Crippen LogP contribution in [0.4, 0.5) is 0 Å². The Morgan fingerprint density at radius 3 is 1.18 bits per heavy atom. The highest BCUT2D eigenvalue weighted by molar-refractivity contribution is 7.47. The van der Waals surface area contributed by atoms with Crippen LogP contribution in [-0.4, -0.2) is 74.3 Å². The van der Waals surface area contributed by atoms with E-state index in [1.165, 1.54) is 161 Å². The molecule has 2 N–H and O–H groups in total. The second-order valence-electron chi connectivity index (χ2n) is 24.3. The molecular weight excluding hydrogens is 1050 g/mol. The summed E-state index contributed by atoms with van der Waals surface area (Å²) in [6.45, 7) is 6.89. The molecule has 10 heteroatoms. The molecule has 9 nitrogen and oxygen atoms in total. The minimum atomic E-state index is -4.46. The van der Waals surface area contributed by atoms with Gasteiger partial charge in [-0.05, 0) is 109 Å². The average Bonchev–Trinajstić information content (AvgIpc) is 3.47. The van der Waals surface area contributed by atoms with Crippen LogP contribution < -0.4 is 5.32 Å². The van der Waals surface area contributed by atoms with Crippen molar-refractivity contribution < 1.29 is 37.3 Å². The molecule has 1 amide bonds. The SMILES string of the molecule is CC/C=C\C/C=C\C/C=C\C/C=C\C/C=C\CCCCCCCCCC(=O)OC(/C=C/CCCCCCCCCCCCC)C(COP(=O)(O)OCC[N+](C)(C)C)NC(=O)CCCCCCCCCCCCC/C=C\C/C=C\CCCCC. The van der Waals surface area contributed by atoms with Gasteiger partial charge in [0.15, 0.2) is 0 Å². The molecule has 0 aromatic heterocycles. The molecule has 0 fully saturated rings. The lowest BCUT2D eigenvalue weighted by atomic mass is 10.0. The van der Waals surface area contributed by atoms with Gasteiger partial charge >= 0.3 is 13.8 Å². The summed E-state index contributed by atoms with van der Waals surface area (Å²) in [4.78, 5) is 37.9. The van der Waals surface area contributed by atoms with Gasteiger partial charge in [-0.15, -0.1) is 0 Å². The van der Waals surface area contributed by atoms with Gasteiger partial charge in [0, 0.05) is 12.8 Å². The first-order valence-electron chi connectivity index (χ1n) is 34.6. The first kappa shape index (κ1) is 79.9. The Kier molecular flexibility index (Phi) is 59.7. The van der Waals surface area contributed by atoms with Crippen molar-refractivity contribution >= 4 is 19.7 Å².